The maximum atomic E-state index is 14.3. The Labute approximate surface area is 210 Å². The predicted octanol–water partition coefficient (Wildman–Crippen LogP) is 5.02. The Kier molecular flexibility index (Phi) is 7.82. The molecule has 0 amide bonds. The van der Waals surface area contributed by atoms with Crippen molar-refractivity contribution in [2.45, 2.75) is 38.9 Å². The highest BCUT2D eigenvalue weighted by molar-refractivity contribution is 5.98. The van der Waals surface area contributed by atoms with E-state index in [9.17, 15) is 19.4 Å². The molecule has 6 nitrogen and oxygen atoms in total. The van der Waals surface area contributed by atoms with Gasteiger partial charge >= 0.3 is 5.97 Å². The fraction of sp³-hybridized carbons (Fsp3) is 0.310. The lowest BCUT2D eigenvalue weighted by atomic mass is 9.90. The number of nitrogens with zero attached hydrogens (tertiary/aromatic N) is 1. The van der Waals surface area contributed by atoms with E-state index < -0.39 is 11.9 Å². The maximum Gasteiger partial charge on any atom is 0.333 e. The van der Waals surface area contributed by atoms with E-state index in [1.54, 1.807) is 31.2 Å². The zero-order valence-corrected chi connectivity index (χ0v) is 20.6. The third-order valence-corrected chi connectivity index (χ3v) is 6.63. The van der Waals surface area contributed by atoms with Gasteiger partial charge in [0.25, 0.3) is 0 Å². The van der Waals surface area contributed by atoms with Crippen molar-refractivity contribution >= 4 is 11.5 Å². The summed E-state index contributed by atoms with van der Waals surface area (Å²) >= 11 is 0. The first-order valence-corrected chi connectivity index (χ1v) is 11.9. The van der Waals surface area contributed by atoms with Crippen molar-refractivity contribution in [1.82, 2.24) is 4.98 Å². The monoisotopic (exact) mass is 491 g/mol. The van der Waals surface area contributed by atoms with Crippen LogP contribution in [0.2, 0.25) is 0 Å². The molecule has 2 N–H and O–H groups in total. The molecule has 1 atom stereocenters. The summed E-state index contributed by atoms with van der Waals surface area (Å²) in [5, 5.41) is 20.9. The summed E-state index contributed by atoms with van der Waals surface area (Å²) in [4.78, 5) is 16.1. The number of ether oxygens (including phenoxy) is 2. The summed E-state index contributed by atoms with van der Waals surface area (Å²) in [5.41, 5.74) is 5.62. The Morgan fingerprint density at radius 3 is 2.44 bits per heavy atom. The number of aliphatic hydroxyl groups excluding tert-OH is 2. The molecule has 3 aromatic rings. The second-order valence-corrected chi connectivity index (χ2v) is 8.99. The molecular weight excluding hydrogens is 461 g/mol. The van der Waals surface area contributed by atoms with E-state index in [-0.39, 0.29) is 19.0 Å². The van der Waals surface area contributed by atoms with Crippen LogP contribution in [0.15, 0.2) is 60.3 Å². The molecule has 36 heavy (non-hydrogen) atoms. The summed E-state index contributed by atoms with van der Waals surface area (Å²) in [6, 6.07) is 14.2. The lowest BCUT2D eigenvalue weighted by molar-refractivity contribution is -0.135. The number of carbonyl (C=O) groups is 1. The first-order valence-electron chi connectivity index (χ1n) is 11.9. The maximum absolute atomic E-state index is 14.3. The molecule has 1 fully saturated rings. The highest BCUT2D eigenvalue weighted by atomic mass is 19.1. The number of allylic oxidation sites excluding steroid dienone is 1. The number of hydrogen-bond donors (Lipinski definition) is 2. The number of esters is 1. The first kappa shape index (κ1) is 25.5. The number of pyridine rings is 1. The number of methoxy groups -OCH3 is 2. The van der Waals surface area contributed by atoms with Crippen LogP contribution in [-0.4, -0.2) is 35.4 Å². The molecule has 0 bridgehead atoms. The van der Waals surface area contributed by atoms with Gasteiger partial charge in [0.15, 0.2) is 0 Å². The Bertz CT molecular complexity index is 1280. The Hall–Kier alpha value is -3.55. The fourth-order valence-electron chi connectivity index (χ4n) is 4.49. The Morgan fingerprint density at radius 2 is 1.83 bits per heavy atom. The lowest BCUT2D eigenvalue weighted by Gasteiger charge is -2.17. The number of benzene rings is 2. The molecule has 7 heteroatoms. The number of aromatic nitrogens is 1. The highest BCUT2D eigenvalue weighted by Gasteiger charge is 2.31. The van der Waals surface area contributed by atoms with Crippen LogP contribution in [-0.2, 0) is 22.6 Å². The van der Waals surface area contributed by atoms with Crippen molar-refractivity contribution in [3.63, 3.8) is 0 Å². The zero-order valence-electron chi connectivity index (χ0n) is 20.6. The first-order chi connectivity index (χ1) is 17.4. The second-order valence-electron chi connectivity index (χ2n) is 8.99. The quantitative estimate of drug-likeness (QED) is 0.323. The normalized spacial score (nSPS) is 14.7. The molecule has 1 heterocycles. The molecule has 0 spiro atoms. The SMILES string of the molecule is COC(=O)/C(C)=C(/c1ccc(CO)c(CC(O)c2ccc(-c3cc(OC)ncc3F)cc2)c1)C1CC1. The van der Waals surface area contributed by atoms with Gasteiger partial charge in [-0.1, -0.05) is 42.5 Å². The van der Waals surface area contributed by atoms with Gasteiger partial charge < -0.3 is 19.7 Å². The Morgan fingerprint density at radius 1 is 1.11 bits per heavy atom. The van der Waals surface area contributed by atoms with Gasteiger partial charge in [0.2, 0.25) is 5.88 Å². The molecule has 0 saturated heterocycles. The van der Waals surface area contributed by atoms with Crippen LogP contribution >= 0.6 is 0 Å². The molecule has 188 valence electrons. The molecule has 0 aliphatic heterocycles. The molecule has 1 saturated carbocycles. The standard InChI is InChI=1S/C29H30FNO5/c1-17(29(34)36-3)28(20-8-9-20)21-10-11-22(16-32)23(12-21)13-26(33)19-6-4-18(5-7-19)24-14-27(35-2)31-15-25(24)30/h4-7,10-12,14-15,20,26,32-33H,8-9,13,16H2,1-3H3/b28-17+. The summed E-state index contributed by atoms with van der Waals surface area (Å²) in [7, 11) is 2.84. The van der Waals surface area contributed by atoms with E-state index in [0.29, 0.717) is 39.6 Å². The molecule has 1 aliphatic rings. The van der Waals surface area contributed by atoms with Gasteiger partial charge in [0.05, 0.1) is 33.1 Å². The minimum absolute atomic E-state index is 0.164. The Balaban J connectivity index is 1.60. The van der Waals surface area contributed by atoms with Crippen LogP contribution in [0, 0.1) is 11.7 Å². The fourth-order valence-corrected chi connectivity index (χ4v) is 4.49. The van der Waals surface area contributed by atoms with Gasteiger partial charge in [-0.15, -0.1) is 0 Å². The van der Waals surface area contributed by atoms with Gasteiger partial charge in [0.1, 0.15) is 5.82 Å². The van der Waals surface area contributed by atoms with Gasteiger partial charge in [-0.3, -0.25) is 0 Å². The van der Waals surface area contributed by atoms with Crippen molar-refractivity contribution < 1.29 is 28.9 Å². The summed E-state index contributed by atoms with van der Waals surface area (Å²) in [5.74, 6) is -0.195. The van der Waals surface area contributed by atoms with E-state index >= 15 is 0 Å². The average molecular weight is 492 g/mol. The zero-order chi connectivity index (χ0) is 25.8. The molecular formula is C29H30FNO5. The van der Waals surface area contributed by atoms with Gasteiger partial charge in [-0.25, -0.2) is 14.2 Å². The van der Waals surface area contributed by atoms with Crippen molar-refractivity contribution in [2.24, 2.45) is 5.92 Å². The molecule has 0 radical (unpaired) electrons. The lowest BCUT2D eigenvalue weighted by Crippen LogP contribution is -2.08. The van der Waals surface area contributed by atoms with E-state index in [4.69, 9.17) is 9.47 Å². The molecule has 1 aromatic heterocycles. The van der Waals surface area contributed by atoms with Crippen LogP contribution in [0.3, 0.4) is 0 Å². The van der Waals surface area contributed by atoms with E-state index in [2.05, 4.69) is 4.98 Å². The summed E-state index contributed by atoms with van der Waals surface area (Å²) < 4.78 is 24.3. The third kappa shape index (κ3) is 5.48. The number of aliphatic hydroxyl groups is 2. The van der Waals surface area contributed by atoms with Crippen molar-refractivity contribution in [1.29, 1.82) is 0 Å². The van der Waals surface area contributed by atoms with Crippen LogP contribution in [0.4, 0.5) is 4.39 Å². The van der Waals surface area contributed by atoms with Crippen molar-refractivity contribution in [2.75, 3.05) is 14.2 Å². The minimum Gasteiger partial charge on any atom is -0.481 e. The summed E-state index contributed by atoms with van der Waals surface area (Å²) in [6.07, 6.45) is 2.58. The molecule has 2 aromatic carbocycles. The minimum atomic E-state index is -0.841. The third-order valence-electron chi connectivity index (χ3n) is 6.63. The summed E-state index contributed by atoms with van der Waals surface area (Å²) in [6.45, 7) is 1.61. The number of rotatable bonds is 9. The van der Waals surface area contributed by atoms with Crippen LogP contribution in [0.5, 0.6) is 5.88 Å². The highest BCUT2D eigenvalue weighted by Crippen LogP contribution is 2.44. The van der Waals surface area contributed by atoms with Gasteiger partial charge in [-0.2, -0.15) is 0 Å². The van der Waals surface area contributed by atoms with E-state index in [1.807, 2.05) is 18.2 Å². The molecule has 4 rings (SSSR count). The molecule has 1 unspecified atom stereocenters. The predicted molar refractivity (Wildman–Crippen MR) is 135 cm³/mol. The van der Waals surface area contributed by atoms with Crippen LogP contribution < -0.4 is 4.74 Å². The second kappa shape index (κ2) is 11.0. The van der Waals surface area contributed by atoms with Crippen LogP contribution in [0.25, 0.3) is 16.7 Å². The molecule has 1 aliphatic carbocycles. The number of halogens is 1. The van der Waals surface area contributed by atoms with Crippen molar-refractivity contribution in [3.8, 4) is 17.0 Å². The largest absolute Gasteiger partial charge is 0.481 e. The average Bonchev–Trinajstić information content (AvgIpc) is 3.74. The van der Waals surface area contributed by atoms with E-state index in [1.165, 1.54) is 20.3 Å². The van der Waals surface area contributed by atoms with Crippen LogP contribution in [0.1, 0.15) is 48.1 Å². The smallest absolute Gasteiger partial charge is 0.333 e. The number of hydrogen-bond acceptors (Lipinski definition) is 6. The van der Waals surface area contributed by atoms with Crippen molar-refractivity contribution in [3.05, 3.63) is 88.4 Å². The van der Waals surface area contributed by atoms with Gasteiger partial charge in [-0.05, 0) is 59.1 Å². The topological polar surface area (TPSA) is 88.9 Å². The van der Waals surface area contributed by atoms with Gasteiger partial charge in [0, 0.05) is 23.6 Å². The van der Waals surface area contributed by atoms with E-state index in [0.717, 1.165) is 35.7 Å². The number of carbonyl (C=O) groups excluding carboxylic acids is 1.